The summed E-state index contributed by atoms with van der Waals surface area (Å²) in [5, 5.41) is 15.7. The lowest BCUT2D eigenvalue weighted by Gasteiger charge is -2.14. The minimum atomic E-state index is -0.937. The number of carbonyl (C=O) groups is 2. The number of amides is 1. The molecule has 2 aromatic carbocycles. The van der Waals surface area contributed by atoms with Gasteiger partial charge in [0.2, 0.25) is 5.91 Å². The first kappa shape index (κ1) is 23.6. The maximum atomic E-state index is 12.3. The van der Waals surface area contributed by atoms with E-state index in [-0.39, 0.29) is 25.2 Å². The Kier molecular flexibility index (Phi) is 7.55. The molecular weight excluding hydrogens is 428 g/mol. The molecule has 0 radical (unpaired) electrons. The largest absolute Gasteiger partial charge is 0.495 e. The second-order valence-electron chi connectivity index (χ2n) is 7.32. The fourth-order valence-corrected chi connectivity index (χ4v) is 3.53. The number of hydrogen-bond acceptors (Lipinski definition) is 7. The average molecular weight is 454 g/mol. The first-order valence-electron chi connectivity index (χ1n) is 10.2. The smallest absolute Gasteiger partial charge is 0.303 e. The predicted octanol–water partition coefficient (Wildman–Crippen LogP) is 4.54. The molecule has 9 heteroatoms. The lowest BCUT2D eigenvalue weighted by Crippen LogP contribution is -2.12. The quantitative estimate of drug-likeness (QED) is 0.458. The molecule has 3 aromatic rings. The highest BCUT2D eigenvalue weighted by Gasteiger charge is 2.18. The van der Waals surface area contributed by atoms with E-state index in [0.29, 0.717) is 34.2 Å². The van der Waals surface area contributed by atoms with Gasteiger partial charge in [-0.3, -0.25) is 9.59 Å². The number of nitrogens with one attached hydrogen (secondary N) is 1. The molecule has 0 aliphatic carbocycles. The third-order valence-corrected chi connectivity index (χ3v) is 5.09. The van der Waals surface area contributed by atoms with Crippen LogP contribution in [0, 0.1) is 6.92 Å². The summed E-state index contributed by atoms with van der Waals surface area (Å²) >= 11 is 0. The fraction of sp³-hybridized carbons (Fsp3) is 0.292. The van der Waals surface area contributed by atoms with Crippen LogP contribution in [0.2, 0.25) is 0 Å². The van der Waals surface area contributed by atoms with Crippen LogP contribution in [0.5, 0.6) is 17.2 Å². The summed E-state index contributed by atoms with van der Waals surface area (Å²) in [4.78, 5) is 23.0. The first-order valence-corrected chi connectivity index (χ1v) is 10.2. The van der Waals surface area contributed by atoms with E-state index in [1.807, 2.05) is 25.1 Å². The molecule has 33 heavy (non-hydrogen) atoms. The lowest BCUT2D eigenvalue weighted by molar-refractivity contribution is -0.137. The zero-order valence-corrected chi connectivity index (χ0v) is 18.9. The molecule has 0 spiro atoms. The fourth-order valence-electron chi connectivity index (χ4n) is 3.53. The highest BCUT2D eigenvalue weighted by Crippen LogP contribution is 2.40. The molecule has 0 aliphatic rings. The van der Waals surface area contributed by atoms with Crippen LogP contribution in [-0.4, -0.2) is 43.5 Å². The van der Waals surface area contributed by atoms with Gasteiger partial charge in [0.25, 0.3) is 0 Å². The van der Waals surface area contributed by atoms with Crippen LogP contribution < -0.4 is 19.5 Å². The van der Waals surface area contributed by atoms with E-state index in [1.165, 1.54) is 13.4 Å². The van der Waals surface area contributed by atoms with Crippen molar-refractivity contribution >= 4 is 17.6 Å². The number of ether oxygens (including phenoxy) is 3. The topological polar surface area (TPSA) is 120 Å². The SMILES string of the molecule is COc1ccc(-c2conc2-c2cc(C)c(OC)c(OC)c2)cc1NC(=O)CCCC(=O)O. The van der Waals surface area contributed by atoms with E-state index in [2.05, 4.69) is 10.5 Å². The Labute approximate surface area is 191 Å². The molecular formula is C24H26N2O7. The van der Waals surface area contributed by atoms with Gasteiger partial charge in [-0.15, -0.1) is 0 Å². The van der Waals surface area contributed by atoms with Gasteiger partial charge in [0.05, 0.1) is 27.0 Å². The molecule has 0 unspecified atom stereocenters. The van der Waals surface area contributed by atoms with E-state index in [9.17, 15) is 9.59 Å². The van der Waals surface area contributed by atoms with Crippen molar-refractivity contribution in [2.45, 2.75) is 26.2 Å². The highest BCUT2D eigenvalue weighted by atomic mass is 16.5. The third kappa shape index (κ3) is 5.43. The van der Waals surface area contributed by atoms with E-state index in [1.54, 1.807) is 26.4 Å². The normalized spacial score (nSPS) is 10.5. The molecule has 0 aliphatic heterocycles. The standard InChI is InChI=1S/C24H26N2O7/c1-14-10-16(12-20(31-3)24(14)32-4)23-17(13-33-26-23)15-8-9-19(30-2)18(11-15)25-21(27)6-5-7-22(28)29/h8-13H,5-7H2,1-4H3,(H,25,27)(H,28,29). The van der Waals surface area contributed by atoms with Gasteiger partial charge in [0.15, 0.2) is 11.5 Å². The monoisotopic (exact) mass is 454 g/mol. The number of methoxy groups -OCH3 is 3. The molecule has 0 saturated heterocycles. The van der Waals surface area contributed by atoms with Crippen LogP contribution in [0.1, 0.15) is 24.8 Å². The Morgan fingerprint density at radius 1 is 1.00 bits per heavy atom. The molecule has 9 nitrogen and oxygen atoms in total. The summed E-state index contributed by atoms with van der Waals surface area (Å²) < 4.78 is 21.5. The second kappa shape index (κ2) is 10.5. The minimum absolute atomic E-state index is 0.0701. The van der Waals surface area contributed by atoms with E-state index < -0.39 is 5.97 Å². The van der Waals surface area contributed by atoms with Crippen LogP contribution in [0.15, 0.2) is 41.1 Å². The predicted molar refractivity (Wildman–Crippen MR) is 122 cm³/mol. The number of benzene rings is 2. The van der Waals surface area contributed by atoms with Crippen molar-refractivity contribution in [1.82, 2.24) is 5.16 Å². The lowest BCUT2D eigenvalue weighted by atomic mass is 9.99. The zero-order valence-electron chi connectivity index (χ0n) is 18.9. The highest BCUT2D eigenvalue weighted by molar-refractivity contribution is 5.94. The summed E-state index contributed by atoms with van der Waals surface area (Å²) in [6, 6.07) is 9.08. The summed E-state index contributed by atoms with van der Waals surface area (Å²) in [7, 11) is 4.66. The van der Waals surface area contributed by atoms with Crippen LogP contribution in [-0.2, 0) is 9.59 Å². The number of hydrogen-bond donors (Lipinski definition) is 2. The molecule has 174 valence electrons. The van der Waals surface area contributed by atoms with Gasteiger partial charge in [-0.2, -0.15) is 0 Å². The number of carbonyl (C=O) groups excluding carboxylic acids is 1. The van der Waals surface area contributed by atoms with Crippen LogP contribution in [0.4, 0.5) is 5.69 Å². The molecule has 1 aromatic heterocycles. The summed E-state index contributed by atoms with van der Waals surface area (Å²) in [5.41, 5.74) is 4.19. The van der Waals surface area contributed by atoms with Crippen LogP contribution in [0.3, 0.4) is 0 Å². The number of aromatic nitrogens is 1. The minimum Gasteiger partial charge on any atom is -0.495 e. The molecule has 2 N–H and O–H groups in total. The Bertz CT molecular complexity index is 1150. The Hall–Kier alpha value is -4.01. The van der Waals surface area contributed by atoms with Gasteiger partial charge in [-0.05, 0) is 48.7 Å². The second-order valence-corrected chi connectivity index (χ2v) is 7.32. The molecule has 0 atom stereocenters. The molecule has 3 rings (SSSR count). The van der Waals surface area contributed by atoms with Gasteiger partial charge >= 0.3 is 5.97 Å². The van der Waals surface area contributed by atoms with Crippen molar-refractivity contribution in [3.8, 4) is 39.6 Å². The Morgan fingerprint density at radius 2 is 1.76 bits per heavy atom. The Balaban J connectivity index is 1.94. The van der Waals surface area contributed by atoms with Crippen LogP contribution in [0.25, 0.3) is 22.4 Å². The molecule has 0 bridgehead atoms. The van der Waals surface area contributed by atoms with Gasteiger partial charge in [0.1, 0.15) is 17.7 Å². The number of carboxylic acid groups (broad SMARTS) is 1. The number of anilines is 1. The molecule has 1 heterocycles. The van der Waals surface area contributed by atoms with Crippen molar-refractivity contribution < 1.29 is 33.4 Å². The van der Waals surface area contributed by atoms with Crippen molar-refractivity contribution in [1.29, 1.82) is 0 Å². The molecule has 0 fully saturated rings. The van der Waals surface area contributed by atoms with Gasteiger partial charge in [-0.25, -0.2) is 0 Å². The van der Waals surface area contributed by atoms with Gasteiger partial charge in [0, 0.05) is 24.0 Å². The number of aryl methyl sites for hydroxylation is 1. The van der Waals surface area contributed by atoms with E-state index in [0.717, 1.165) is 16.7 Å². The van der Waals surface area contributed by atoms with Gasteiger partial charge < -0.3 is 29.2 Å². The number of aliphatic carboxylic acids is 1. The maximum Gasteiger partial charge on any atom is 0.303 e. The number of carboxylic acids is 1. The van der Waals surface area contributed by atoms with E-state index in [4.69, 9.17) is 23.8 Å². The number of rotatable bonds is 10. The number of nitrogens with zero attached hydrogens (tertiary/aromatic N) is 1. The Morgan fingerprint density at radius 3 is 2.42 bits per heavy atom. The molecule has 0 saturated carbocycles. The first-order chi connectivity index (χ1) is 15.9. The van der Waals surface area contributed by atoms with Gasteiger partial charge in [-0.1, -0.05) is 11.2 Å². The third-order valence-electron chi connectivity index (χ3n) is 5.09. The van der Waals surface area contributed by atoms with Crippen molar-refractivity contribution in [2.75, 3.05) is 26.6 Å². The van der Waals surface area contributed by atoms with Crippen molar-refractivity contribution in [3.63, 3.8) is 0 Å². The zero-order chi connectivity index (χ0) is 24.0. The maximum absolute atomic E-state index is 12.3. The van der Waals surface area contributed by atoms with Crippen molar-refractivity contribution in [3.05, 3.63) is 42.2 Å². The van der Waals surface area contributed by atoms with Crippen molar-refractivity contribution in [2.24, 2.45) is 0 Å². The summed E-state index contributed by atoms with van der Waals surface area (Å²) in [5.74, 6) is 0.458. The summed E-state index contributed by atoms with van der Waals surface area (Å²) in [6.45, 7) is 1.91. The molecule has 1 amide bonds. The van der Waals surface area contributed by atoms with E-state index >= 15 is 0 Å². The van der Waals surface area contributed by atoms with Crippen LogP contribution >= 0.6 is 0 Å². The average Bonchev–Trinajstić information content (AvgIpc) is 3.28. The summed E-state index contributed by atoms with van der Waals surface area (Å²) in [6.07, 6.45) is 1.79.